The van der Waals surface area contributed by atoms with Gasteiger partial charge in [-0.2, -0.15) is 0 Å². The number of fused-ring (bicyclic) bond motifs is 9. The predicted octanol–water partition coefficient (Wildman–Crippen LogP) is 24.0. The Bertz CT molecular complexity index is 5580. The van der Waals surface area contributed by atoms with Crippen LogP contribution in [-0.2, 0) is 5.41 Å². The largest absolute Gasteiger partial charge is 0.309 e. The molecule has 0 amide bonds. The number of rotatable bonds is 13. The Morgan fingerprint density at radius 3 is 1.29 bits per heavy atom. The number of allylic oxidation sites excluding steroid dienone is 4. The van der Waals surface area contributed by atoms with E-state index in [1.165, 1.54) is 110 Å². The van der Waals surface area contributed by atoms with Crippen molar-refractivity contribution >= 4 is 54.9 Å². The first-order valence-corrected chi connectivity index (χ1v) is 32.0. The van der Waals surface area contributed by atoms with Gasteiger partial charge >= 0.3 is 0 Å². The van der Waals surface area contributed by atoms with Crippen LogP contribution in [0, 0.1) is 0 Å². The summed E-state index contributed by atoms with van der Waals surface area (Å²) in [6.07, 6.45) is 3.96. The van der Waals surface area contributed by atoms with Crippen LogP contribution in [0.25, 0.3) is 138 Å². The molecule has 1 aliphatic rings. The molecule has 0 atom stereocenters. The van der Waals surface area contributed by atoms with Crippen molar-refractivity contribution < 1.29 is 0 Å². The summed E-state index contributed by atoms with van der Waals surface area (Å²) in [7, 11) is 0. The number of para-hydroxylation sites is 2. The molecule has 2 nitrogen and oxygen atoms in total. The third-order valence-corrected chi connectivity index (χ3v) is 19.4. The van der Waals surface area contributed by atoms with Crippen LogP contribution in [0.1, 0.15) is 27.8 Å². The van der Waals surface area contributed by atoms with E-state index in [2.05, 4.69) is 362 Å². The van der Waals surface area contributed by atoms with Crippen LogP contribution >= 0.6 is 0 Å². The van der Waals surface area contributed by atoms with Crippen molar-refractivity contribution in [1.29, 1.82) is 0 Å². The molecule has 0 fully saturated rings. The van der Waals surface area contributed by atoms with Gasteiger partial charge in [0.1, 0.15) is 0 Å². The number of nitrogens with zero attached hydrogens (tertiary/aromatic N) is 2. The molecule has 93 heavy (non-hydrogen) atoms. The third kappa shape index (κ3) is 9.17. The molecule has 0 radical (unpaired) electrons. The van der Waals surface area contributed by atoms with Crippen LogP contribution in [0.15, 0.2) is 365 Å². The summed E-state index contributed by atoms with van der Waals surface area (Å²) < 4.78 is 4.71. The van der Waals surface area contributed by atoms with Crippen LogP contribution in [0.2, 0.25) is 0 Å². The van der Waals surface area contributed by atoms with Crippen molar-refractivity contribution in [3.63, 3.8) is 0 Å². The molecule has 2 heteroatoms. The van der Waals surface area contributed by atoms with Gasteiger partial charge in [-0.15, -0.1) is 0 Å². The monoisotopic (exact) mass is 1180 g/mol. The summed E-state index contributed by atoms with van der Waals surface area (Å²) in [6.45, 7) is 9.05. The standard InChI is InChI=1S/C91H62N2/c1-3-22-76(61(2)92-87-39-18-14-35-81(87)83-59-70(51-55-89(83)92)71-52-56-90-84(60-71)82-36-15-19-40-88(82)93(90)75-53-49-65(50-54-75)62-23-6-4-7-24-62)68-47-45-64(46-48-68)63-41-43-66(44-42-63)69-27-20-29-73(57-69)91(85-37-16-12-33-79(85)80-34-13-17-38-86(80)91)74-30-21-28-72(58-74)78-32-11-10-31-77(78)67-25-8-5-9-26-67/h3-60H,1-2H2/b76-22+. The molecule has 0 spiro atoms. The predicted molar refractivity (Wildman–Crippen MR) is 394 cm³/mol. The van der Waals surface area contributed by atoms with E-state index in [1.807, 2.05) is 6.08 Å². The zero-order valence-electron chi connectivity index (χ0n) is 51.3. The van der Waals surface area contributed by atoms with Crippen LogP contribution in [0.5, 0.6) is 0 Å². The topological polar surface area (TPSA) is 9.86 Å². The Morgan fingerprint density at radius 2 is 0.677 bits per heavy atom. The normalized spacial score (nSPS) is 12.5. The molecule has 2 heterocycles. The maximum absolute atomic E-state index is 4.85. The minimum absolute atomic E-state index is 0.572. The first kappa shape index (κ1) is 55.0. The summed E-state index contributed by atoms with van der Waals surface area (Å²) in [5.41, 5.74) is 29.9. The van der Waals surface area contributed by atoms with E-state index in [-0.39, 0.29) is 0 Å². The fourth-order valence-electron chi connectivity index (χ4n) is 15.1. The highest BCUT2D eigenvalue weighted by molar-refractivity contribution is 6.15. The zero-order valence-corrected chi connectivity index (χ0v) is 51.3. The second-order valence-electron chi connectivity index (χ2n) is 24.4. The minimum Gasteiger partial charge on any atom is -0.309 e. The lowest BCUT2D eigenvalue weighted by molar-refractivity contribution is 0.769. The number of aromatic nitrogens is 2. The third-order valence-electron chi connectivity index (χ3n) is 19.4. The van der Waals surface area contributed by atoms with Crippen molar-refractivity contribution in [3.05, 3.63) is 393 Å². The average molecular weight is 1180 g/mol. The molecule has 17 rings (SSSR count). The van der Waals surface area contributed by atoms with Gasteiger partial charge in [-0.05, 0) is 166 Å². The Kier molecular flexibility index (Phi) is 13.4. The summed E-state index contributed by atoms with van der Waals surface area (Å²) in [4.78, 5) is 0. The molecule has 2 aromatic heterocycles. The van der Waals surface area contributed by atoms with E-state index in [0.29, 0.717) is 0 Å². The van der Waals surface area contributed by atoms with E-state index in [1.54, 1.807) is 0 Å². The van der Waals surface area contributed by atoms with Crippen molar-refractivity contribution in [2.75, 3.05) is 0 Å². The van der Waals surface area contributed by atoms with Crippen LogP contribution in [0.3, 0.4) is 0 Å². The van der Waals surface area contributed by atoms with Gasteiger partial charge < -0.3 is 9.13 Å². The Labute approximate surface area is 542 Å². The second kappa shape index (κ2) is 22.7. The summed E-state index contributed by atoms with van der Waals surface area (Å²) in [5, 5.41) is 4.80. The maximum Gasteiger partial charge on any atom is 0.0713 e. The van der Waals surface area contributed by atoms with Gasteiger partial charge in [0.05, 0.1) is 27.5 Å². The molecular formula is C91H62N2. The van der Waals surface area contributed by atoms with Crippen LogP contribution < -0.4 is 0 Å². The molecule has 14 aromatic carbocycles. The lowest BCUT2D eigenvalue weighted by Gasteiger charge is -2.34. The fourth-order valence-corrected chi connectivity index (χ4v) is 15.1. The lowest BCUT2D eigenvalue weighted by atomic mass is 9.67. The van der Waals surface area contributed by atoms with Crippen molar-refractivity contribution in [2.45, 2.75) is 5.41 Å². The summed E-state index contributed by atoms with van der Waals surface area (Å²) in [6, 6.07) is 125. The van der Waals surface area contributed by atoms with Crippen LogP contribution in [-0.4, -0.2) is 9.13 Å². The van der Waals surface area contributed by atoms with Gasteiger partial charge in [-0.1, -0.05) is 304 Å². The molecular weight excluding hydrogens is 1120 g/mol. The molecule has 0 saturated carbocycles. The van der Waals surface area contributed by atoms with E-state index in [4.69, 9.17) is 6.58 Å². The lowest BCUT2D eigenvalue weighted by Crippen LogP contribution is -2.28. The van der Waals surface area contributed by atoms with E-state index < -0.39 is 5.41 Å². The van der Waals surface area contributed by atoms with Crippen molar-refractivity contribution in [3.8, 4) is 83.6 Å². The first-order valence-electron chi connectivity index (χ1n) is 32.0. The first-order chi connectivity index (χ1) is 46.0. The van der Waals surface area contributed by atoms with Gasteiger partial charge in [0.25, 0.3) is 0 Å². The van der Waals surface area contributed by atoms with E-state index in [0.717, 1.165) is 55.8 Å². The summed E-state index contributed by atoms with van der Waals surface area (Å²) in [5.74, 6) is 0. The maximum atomic E-state index is 4.85. The highest BCUT2D eigenvalue weighted by Gasteiger charge is 2.46. The average Bonchev–Trinajstić information content (AvgIpc) is 1.59. The quantitative estimate of drug-likeness (QED) is 0.102. The Balaban J connectivity index is 0.673. The second-order valence-corrected chi connectivity index (χ2v) is 24.4. The fraction of sp³-hybridized carbons (Fsp3) is 0.0110. The minimum atomic E-state index is -0.572. The number of hydrogen-bond donors (Lipinski definition) is 0. The van der Waals surface area contributed by atoms with Crippen molar-refractivity contribution in [2.24, 2.45) is 0 Å². The number of benzene rings is 14. The van der Waals surface area contributed by atoms with Crippen LogP contribution in [0.4, 0.5) is 0 Å². The van der Waals surface area contributed by atoms with Gasteiger partial charge in [-0.25, -0.2) is 0 Å². The summed E-state index contributed by atoms with van der Waals surface area (Å²) >= 11 is 0. The van der Waals surface area contributed by atoms with Gasteiger partial charge in [-0.3, -0.25) is 0 Å². The Hall–Kier alpha value is -12.1. The smallest absolute Gasteiger partial charge is 0.0713 e. The van der Waals surface area contributed by atoms with Gasteiger partial charge in [0, 0.05) is 38.5 Å². The highest BCUT2D eigenvalue weighted by Crippen LogP contribution is 2.57. The van der Waals surface area contributed by atoms with E-state index in [9.17, 15) is 0 Å². The molecule has 0 aliphatic heterocycles. The molecule has 436 valence electrons. The highest BCUT2D eigenvalue weighted by atomic mass is 15.0. The van der Waals surface area contributed by atoms with E-state index >= 15 is 0 Å². The van der Waals surface area contributed by atoms with Gasteiger partial charge in [0.2, 0.25) is 0 Å². The Morgan fingerprint density at radius 1 is 0.290 bits per heavy atom. The molecule has 0 saturated heterocycles. The molecule has 16 aromatic rings. The SMILES string of the molecule is C=C/C=C(\C(=C)n1c2ccccc2c2cc(-c3ccc4c(c3)c3ccccc3n4-c3ccc(-c4ccccc4)cc3)ccc21)c1ccc(-c2ccc(-c3cccc(C4(c5cccc(-c6ccccc6-c6ccccc6)c5)c5ccccc5-c5ccccc54)c3)cc2)cc1. The number of hydrogen-bond acceptors (Lipinski definition) is 0. The molecule has 1 aliphatic carbocycles. The molecule has 0 bridgehead atoms. The van der Waals surface area contributed by atoms with Crippen molar-refractivity contribution in [1.82, 2.24) is 9.13 Å². The van der Waals surface area contributed by atoms with Gasteiger partial charge in [0.15, 0.2) is 0 Å². The molecule has 0 unspecified atom stereocenters. The zero-order chi connectivity index (χ0) is 62.0. The molecule has 0 N–H and O–H groups in total.